The van der Waals surface area contributed by atoms with E-state index in [1.165, 1.54) is 23.1 Å². The third-order valence-electron chi connectivity index (χ3n) is 3.58. The molecule has 2 amide bonds. The second kappa shape index (κ2) is 10.2. The number of rotatable bonds is 7. The number of carbonyl (C=O) groups excluding carboxylic acids is 3. The van der Waals surface area contributed by atoms with Crippen LogP contribution in [0.4, 0.5) is 0 Å². The fourth-order valence-corrected chi connectivity index (χ4v) is 4.70. The summed E-state index contributed by atoms with van der Waals surface area (Å²) in [5, 5.41) is 3.72. The van der Waals surface area contributed by atoms with E-state index in [0.29, 0.717) is 16.2 Å². The SMILES string of the molecule is Cc1csc(SCc2ccccc2C(=O)OCC(=O)NNC(=O)c2cccs2)n1. The number of benzene rings is 1. The van der Waals surface area contributed by atoms with Gasteiger partial charge in [0.05, 0.1) is 10.4 Å². The van der Waals surface area contributed by atoms with Crippen molar-refractivity contribution in [3.8, 4) is 0 Å². The lowest BCUT2D eigenvalue weighted by atomic mass is 10.1. The van der Waals surface area contributed by atoms with Crippen LogP contribution in [0.25, 0.3) is 0 Å². The molecule has 0 saturated heterocycles. The Hall–Kier alpha value is -2.69. The summed E-state index contributed by atoms with van der Waals surface area (Å²) >= 11 is 4.34. The number of ether oxygens (including phenoxy) is 1. The average Bonchev–Trinajstić information content (AvgIpc) is 3.41. The molecule has 0 unspecified atom stereocenters. The first-order valence-corrected chi connectivity index (χ1v) is 11.2. The minimum Gasteiger partial charge on any atom is -0.452 e. The van der Waals surface area contributed by atoms with Crippen LogP contribution in [0.3, 0.4) is 0 Å². The molecule has 150 valence electrons. The van der Waals surface area contributed by atoms with Gasteiger partial charge in [0.2, 0.25) is 0 Å². The first-order chi connectivity index (χ1) is 14.0. The van der Waals surface area contributed by atoms with Crippen LogP contribution in [0.15, 0.2) is 51.5 Å². The minimum atomic E-state index is -0.631. The molecule has 3 rings (SSSR count). The molecule has 0 bridgehead atoms. The Kier molecular flexibility index (Phi) is 7.39. The van der Waals surface area contributed by atoms with Gasteiger partial charge in [-0.3, -0.25) is 20.4 Å². The Morgan fingerprint density at radius 2 is 1.93 bits per heavy atom. The van der Waals surface area contributed by atoms with E-state index in [-0.39, 0.29) is 0 Å². The Morgan fingerprint density at radius 3 is 2.66 bits per heavy atom. The molecule has 0 aliphatic rings. The number of thioether (sulfide) groups is 1. The van der Waals surface area contributed by atoms with Gasteiger partial charge in [0.25, 0.3) is 11.8 Å². The van der Waals surface area contributed by atoms with Gasteiger partial charge in [0.15, 0.2) is 6.61 Å². The first kappa shape index (κ1) is 21.0. The summed E-state index contributed by atoms with van der Waals surface area (Å²) in [4.78, 5) is 40.9. The number of aryl methyl sites for hydroxylation is 1. The fourth-order valence-electron chi connectivity index (χ4n) is 2.22. The van der Waals surface area contributed by atoms with Crippen molar-refractivity contribution in [2.24, 2.45) is 0 Å². The van der Waals surface area contributed by atoms with Crippen molar-refractivity contribution in [1.29, 1.82) is 0 Å². The van der Waals surface area contributed by atoms with Crippen LogP contribution in [0.5, 0.6) is 0 Å². The van der Waals surface area contributed by atoms with Crippen LogP contribution in [-0.4, -0.2) is 29.4 Å². The zero-order chi connectivity index (χ0) is 20.6. The summed E-state index contributed by atoms with van der Waals surface area (Å²) in [6.45, 7) is 1.43. The molecule has 0 aliphatic heterocycles. The Balaban J connectivity index is 1.49. The molecule has 7 nitrogen and oxygen atoms in total. The summed E-state index contributed by atoms with van der Waals surface area (Å²) in [5.74, 6) is -1.11. The first-order valence-electron chi connectivity index (χ1n) is 8.45. The maximum atomic E-state index is 12.4. The lowest BCUT2D eigenvalue weighted by molar-refractivity contribution is -0.125. The van der Waals surface area contributed by atoms with E-state index in [1.807, 2.05) is 24.4 Å². The van der Waals surface area contributed by atoms with Gasteiger partial charge in [-0.25, -0.2) is 9.78 Å². The second-order valence-electron chi connectivity index (χ2n) is 5.76. The summed E-state index contributed by atoms with van der Waals surface area (Å²) in [5.41, 5.74) is 6.64. The van der Waals surface area contributed by atoms with Crippen molar-refractivity contribution in [1.82, 2.24) is 15.8 Å². The maximum Gasteiger partial charge on any atom is 0.338 e. The van der Waals surface area contributed by atoms with E-state index < -0.39 is 24.4 Å². The number of aromatic nitrogens is 1. The van der Waals surface area contributed by atoms with Gasteiger partial charge in [0, 0.05) is 16.8 Å². The number of nitrogens with one attached hydrogen (secondary N) is 2. The number of hydrazine groups is 1. The van der Waals surface area contributed by atoms with E-state index in [1.54, 1.807) is 41.0 Å². The molecule has 0 saturated carbocycles. The molecule has 29 heavy (non-hydrogen) atoms. The van der Waals surface area contributed by atoms with E-state index >= 15 is 0 Å². The van der Waals surface area contributed by atoms with Crippen molar-refractivity contribution in [3.05, 3.63) is 68.9 Å². The third kappa shape index (κ3) is 6.14. The molecule has 2 aromatic heterocycles. The third-order valence-corrected chi connectivity index (χ3v) is 6.64. The molecule has 0 radical (unpaired) electrons. The molecular weight excluding hydrogens is 430 g/mol. The van der Waals surface area contributed by atoms with Gasteiger partial charge < -0.3 is 4.74 Å². The topological polar surface area (TPSA) is 97.4 Å². The Labute approximate surface area is 179 Å². The highest BCUT2D eigenvalue weighted by atomic mass is 32.2. The monoisotopic (exact) mass is 447 g/mol. The summed E-state index contributed by atoms with van der Waals surface area (Å²) in [6.07, 6.45) is 0. The lowest BCUT2D eigenvalue weighted by Crippen LogP contribution is -2.43. The number of nitrogens with zero attached hydrogens (tertiary/aromatic N) is 1. The number of carbonyl (C=O) groups is 3. The van der Waals surface area contributed by atoms with Crippen LogP contribution in [-0.2, 0) is 15.3 Å². The predicted molar refractivity (Wildman–Crippen MR) is 113 cm³/mol. The molecule has 3 aromatic rings. The molecule has 0 atom stereocenters. The summed E-state index contributed by atoms with van der Waals surface area (Å²) in [6, 6.07) is 10.4. The largest absolute Gasteiger partial charge is 0.452 e. The van der Waals surface area contributed by atoms with Crippen molar-refractivity contribution in [2.75, 3.05) is 6.61 Å². The maximum absolute atomic E-state index is 12.4. The highest BCUT2D eigenvalue weighted by Gasteiger charge is 2.15. The number of thiophene rings is 1. The zero-order valence-electron chi connectivity index (χ0n) is 15.3. The smallest absolute Gasteiger partial charge is 0.338 e. The number of hydrogen-bond acceptors (Lipinski definition) is 8. The molecule has 10 heteroatoms. The van der Waals surface area contributed by atoms with Gasteiger partial charge in [-0.1, -0.05) is 36.0 Å². The molecule has 0 spiro atoms. The Morgan fingerprint density at radius 1 is 1.10 bits per heavy atom. The van der Waals surface area contributed by atoms with Gasteiger partial charge in [-0.2, -0.15) is 0 Å². The van der Waals surface area contributed by atoms with Crippen LogP contribution < -0.4 is 10.9 Å². The van der Waals surface area contributed by atoms with Crippen molar-refractivity contribution < 1.29 is 19.1 Å². The predicted octanol–water partition coefficient (Wildman–Crippen LogP) is 3.42. The fraction of sp³-hybridized carbons (Fsp3) is 0.158. The molecule has 0 aliphatic carbocycles. The van der Waals surface area contributed by atoms with E-state index in [2.05, 4.69) is 15.8 Å². The molecule has 2 N–H and O–H groups in total. The van der Waals surface area contributed by atoms with Gasteiger partial charge >= 0.3 is 5.97 Å². The van der Waals surface area contributed by atoms with E-state index in [0.717, 1.165) is 15.6 Å². The number of esters is 1. The molecular formula is C19H17N3O4S3. The number of thiazole rings is 1. The standard InChI is InChI=1S/C19H17N3O4S3/c1-12-10-28-19(20-12)29-11-13-5-2-3-6-14(13)18(25)26-9-16(23)21-22-17(24)15-7-4-8-27-15/h2-8,10H,9,11H2,1H3,(H,21,23)(H,22,24). The Bertz CT molecular complexity index is 1000. The second-order valence-corrected chi connectivity index (χ2v) is 8.78. The van der Waals surface area contributed by atoms with Gasteiger partial charge in [-0.05, 0) is 30.0 Å². The quantitative estimate of drug-likeness (QED) is 0.327. The summed E-state index contributed by atoms with van der Waals surface area (Å²) < 4.78 is 6.01. The highest BCUT2D eigenvalue weighted by molar-refractivity contribution is 8.00. The number of amides is 2. The van der Waals surface area contributed by atoms with Crippen LogP contribution in [0.2, 0.25) is 0 Å². The molecule has 2 heterocycles. The van der Waals surface area contributed by atoms with E-state index in [9.17, 15) is 14.4 Å². The van der Waals surface area contributed by atoms with Crippen molar-refractivity contribution >= 4 is 52.2 Å². The van der Waals surface area contributed by atoms with Gasteiger partial charge in [-0.15, -0.1) is 22.7 Å². The van der Waals surface area contributed by atoms with Crippen LogP contribution >= 0.6 is 34.4 Å². The number of hydrogen-bond donors (Lipinski definition) is 2. The van der Waals surface area contributed by atoms with Gasteiger partial charge in [0.1, 0.15) is 4.34 Å². The normalized spacial score (nSPS) is 10.4. The average molecular weight is 448 g/mol. The highest BCUT2D eigenvalue weighted by Crippen LogP contribution is 2.27. The minimum absolute atomic E-state index is 0.392. The molecule has 1 aromatic carbocycles. The lowest BCUT2D eigenvalue weighted by Gasteiger charge is -2.10. The molecule has 0 fully saturated rings. The van der Waals surface area contributed by atoms with E-state index in [4.69, 9.17) is 4.74 Å². The van der Waals surface area contributed by atoms with Crippen molar-refractivity contribution in [3.63, 3.8) is 0 Å². The van der Waals surface area contributed by atoms with Crippen LogP contribution in [0.1, 0.15) is 31.3 Å². The van der Waals surface area contributed by atoms with Crippen LogP contribution in [0, 0.1) is 6.92 Å². The van der Waals surface area contributed by atoms with Crippen molar-refractivity contribution in [2.45, 2.75) is 17.0 Å². The summed E-state index contributed by atoms with van der Waals surface area (Å²) in [7, 11) is 0. The zero-order valence-corrected chi connectivity index (χ0v) is 17.8.